The molecule has 0 unspecified atom stereocenters. The maximum absolute atomic E-state index is 12.2. The highest BCUT2D eigenvalue weighted by Gasteiger charge is 2.22. The molecule has 3 aromatic rings. The number of anilines is 1. The standard InChI is InChI=1S/C16H11Cl2N3O3S/c1-7-4-12(21-24-7)15(23)20-16-13(14(19)22)10(6-25-16)9-3-2-8(17)5-11(9)18/h2-6H,1H3,(H2,19,22)(H,20,23). The Morgan fingerprint density at radius 1 is 1.24 bits per heavy atom. The predicted octanol–water partition coefficient (Wildman–Crippen LogP) is 4.37. The van der Waals surface area contributed by atoms with Crippen LogP contribution in [0.25, 0.3) is 11.1 Å². The van der Waals surface area contributed by atoms with Gasteiger partial charge in [-0.2, -0.15) is 0 Å². The van der Waals surface area contributed by atoms with Crippen molar-refractivity contribution in [1.82, 2.24) is 5.16 Å². The first-order valence-corrected chi connectivity index (χ1v) is 8.61. The van der Waals surface area contributed by atoms with Crippen molar-refractivity contribution >= 4 is 51.4 Å². The lowest BCUT2D eigenvalue weighted by atomic mass is 10.0. The number of primary amides is 1. The van der Waals surface area contributed by atoms with Crippen molar-refractivity contribution in [3.8, 4) is 11.1 Å². The molecule has 0 spiro atoms. The van der Waals surface area contributed by atoms with Gasteiger partial charge in [-0.05, 0) is 19.1 Å². The van der Waals surface area contributed by atoms with Gasteiger partial charge in [0.15, 0.2) is 5.69 Å². The van der Waals surface area contributed by atoms with Gasteiger partial charge in [-0.25, -0.2) is 0 Å². The van der Waals surface area contributed by atoms with Crippen molar-refractivity contribution < 1.29 is 14.1 Å². The molecule has 2 heterocycles. The fourth-order valence-corrected chi connectivity index (χ4v) is 3.71. The largest absolute Gasteiger partial charge is 0.365 e. The summed E-state index contributed by atoms with van der Waals surface area (Å²) in [5, 5.41) is 9.11. The zero-order chi connectivity index (χ0) is 18.1. The molecule has 0 atom stereocenters. The van der Waals surface area contributed by atoms with Crippen LogP contribution in [0.3, 0.4) is 0 Å². The van der Waals surface area contributed by atoms with E-state index in [1.54, 1.807) is 30.5 Å². The number of carbonyl (C=O) groups excluding carboxylic acids is 2. The second-order valence-electron chi connectivity index (χ2n) is 5.12. The number of nitrogens with two attached hydrogens (primary N) is 1. The summed E-state index contributed by atoms with van der Waals surface area (Å²) in [4.78, 5) is 24.2. The summed E-state index contributed by atoms with van der Waals surface area (Å²) >= 11 is 13.3. The lowest BCUT2D eigenvalue weighted by Gasteiger charge is -2.07. The van der Waals surface area contributed by atoms with Crippen LogP contribution in [0.1, 0.15) is 26.6 Å². The Morgan fingerprint density at radius 3 is 2.60 bits per heavy atom. The van der Waals surface area contributed by atoms with Gasteiger partial charge in [0.05, 0.1) is 5.56 Å². The molecular formula is C16H11Cl2N3O3S. The highest BCUT2D eigenvalue weighted by molar-refractivity contribution is 7.15. The average molecular weight is 396 g/mol. The smallest absolute Gasteiger partial charge is 0.278 e. The summed E-state index contributed by atoms with van der Waals surface area (Å²) < 4.78 is 4.87. The number of halogens is 2. The van der Waals surface area contributed by atoms with E-state index in [1.807, 2.05) is 0 Å². The zero-order valence-electron chi connectivity index (χ0n) is 12.8. The Bertz CT molecular complexity index is 981. The van der Waals surface area contributed by atoms with Gasteiger partial charge in [-0.1, -0.05) is 34.4 Å². The molecule has 0 saturated heterocycles. The van der Waals surface area contributed by atoms with Gasteiger partial charge in [0.25, 0.3) is 11.8 Å². The van der Waals surface area contributed by atoms with E-state index in [0.717, 1.165) is 11.3 Å². The number of hydrogen-bond acceptors (Lipinski definition) is 5. The minimum atomic E-state index is -0.686. The SMILES string of the molecule is Cc1cc(C(=O)Nc2scc(-c3ccc(Cl)cc3Cl)c2C(N)=O)no1. The van der Waals surface area contributed by atoms with Gasteiger partial charge in [0.1, 0.15) is 10.8 Å². The monoisotopic (exact) mass is 395 g/mol. The molecule has 0 saturated carbocycles. The molecule has 2 amide bonds. The number of benzene rings is 1. The van der Waals surface area contributed by atoms with E-state index in [9.17, 15) is 9.59 Å². The third-order valence-corrected chi connectivity index (χ3v) is 4.79. The average Bonchev–Trinajstić information content (AvgIpc) is 3.14. The summed E-state index contributed by atoms with van der Waals surface area (Å²) in [6.07, 6.45) is 0. The van der Waals surface area contributed by atoms with Crippen molar-refractivity contribution in [3.63, 3.8) is 0 Å². The Balaban J connectivity index is 2.00. The quantitative estimate of drug-likeness (QED) is 0.684. The summed E-state index contributed by atoms with van der Waals surface area (Å²) in [7, 11) is 0. The van der Waals surface area contributed by atoms with Crippen LogP contribution in [0.2, 0.25) is 10.0 Å². The van der Waals surface area contributed by atoms with E-state index in [1.165, 1.54) is 6.07 Å². The molecule has 0 aliphatic rings. The van der Waals surface area contributed by atoms with E-state index in [0.29, 0.717) is 31.9 Å². The van der Waals surface area contributed by atoms with E-state index in [4.69, 9.17) is 33.5 Å². The first-order valence-electron chi connectivity index (χ1n) is 6.98. The van der Waals surface area contributed by atoms with Gasteiger partial charge in [0.2, 0.25) is 0 Å². The van der Waals surface area contributed by atoms with E-state index in [-0.39, 0.29) is 11.3 Å². The Hall–Kier alpha value is -2.35. The molecular weight excluding hydrogens is 385 g/mol. The number of nitrogens with one attached hydrogen (secondary N) is 1. The molecule has 9 heteroatoms. The number of thiophene rings is 1. The van der Waals surface area contributed by atoms with Crippen molar-refractivity contribution in [2.75, 3.05) is 5.32 Å². The third kappa shape index (κ3) is 3.53. The normalized spacial score (nSPS) is 10.7. The molecule has 128 valence electrons. The van der Waals surface area contributed by atoms with Crippen molar-refractivity contribution in [2.24, 2.45) is 5.73 Å². The molecule has 3 rings (SSSR count). The fraction of sp³-hybridized carbons (Fsp3) is 0.0625. The van der Waals surface area contributed by atoms with E-state index < -0.39 is 11.8 Å². The van der Waals surface area contributed by atoms with Gasteiger partial charge < -0.3 is 15.6 Å². The van der Waals surface area contributed by atoms with Gasteiger partial charge in [-0.15, -0.1) is 11.3 Å². The molecule has 0 fully saturated rings. The van der Waals surface area contributed by atoms with E-state index in [2.05, 4.69) is 10.5 Å². The number of aromatic nitrogens is 1. The number of amides is 2. The molecule has 0 bridgehead atoms. The molecule has 3 N–H and O–H groups in total. The lowest BCUT2D eigenvalue weighted by Crippen LogP contribution is -2.17. The van der Waals surface area contributed by atoms with Crippen LogP contribution < -0.4 is 11.1 Å². The molecule has 0 aliphatic carbocycles. The number of carbonyl (C=O) groups is 2. The van der Waals surface area contributed by atoms with Crippen LogP contribution in [-0.4, -0.2) is 17.0 Å². The summed E-state index contributed by atoms with van der Waals surface area (Å²) in [6.45, 7) is 1.67. The minimum Gasteiger partial charge on any atom is -0.365 e. The summed E-state index contributed by atoms with van der Waals surface area (Å²) in [5.74, 6) is -0.691. The van der Waals surface area contributed by atoms with Crippen LogP contribution in [0.5, 0.6) is 0 Å². The molecule has 2 aromatic heterocycles. The topological polar surface area (TPSA) is 98.2 Å². The zero-order valence-corrected chi connectivity index (χ0v) is 15.1. The maximum Gasteiger partial charge on any atom is 0.278 e. The minimum absolute atomic E-state index is 0.104. The molecule has 1 aromatic carbocycles. The second-order valence-corrected chi connectivity index (χ2v) is 6.84. The Morgan fingerprint density at radius 2 is 2.00 bits per heavy atom. The van der Waals surface area contributed by atoms with Crippen molar-refractivity contribution in [1.29, 1.82) is 0 Å². The second kappa shape index (κ2) is 6.87. The van der Waals surface area contributed by atoms with Crippen LogP contribution in [0.4, 0.5) is 5.00 Å². The summed E-state index contributed by atoms with van der Waals surface area (Å²) in [5.41, 5.74) is 6.89. The Labute approximate surface area is 156 Å². The fourth-order valence-electron chi connectivity index (χ4n) is 2.24. The molecule has 0 aliphatic heterocycles. The Kier molecular flexibility index (Phi) is 4.80. The van der Waals surface area contributed by atoms with Gasteiger partial charge in [0, 0.05) is 32.6 Å². The maximum atomic E-state index is 12.2. The van der Waals surface area contributed by atoms with Crippen LogP contribution in [0, 0.1) is 6.92 Å². The third-order valence-electron chi connectivity index (χ3n) is 3.35. The summed E-state index contributed by atoms with van der Waals surface area (Å²) in [6, 6.07) is 6.40. The van der Waals surface area contributed by atoms with Crippen LogP contribution >= 0.6 is 34.5 Å². The first-order chi connectivity index (χ1) is 11.9. The lowest BCUT2D eigenvalue weighted by molar-refractivity contribution is 0.100. The number of nitrogens with zero attached hydrogens (tertiary/aromatic N) is 1. The van der Waals surface area contributed by atoms with Crippen LogP contribution in [0.15, 0.2) is 34.2 Å². The predicted molar refractivity (Wildman–Crippen MR) is 97.5 cm³/mol. The highest BCUT2D eigenvalue weighted by atomic mass is 35.5. The number of hydrogen-bond donors (Lipinski definition) is 2. The molecule has 0 radical (unpaired) electrons. The van der Waals surface area contributed by atoms with Gasteiger partial charge in [-0.3, -0.25) is 9.59 Å². The van der Waals surface area contributed by atoms with E-state index >= 15 is 0 Å². The van der Waals surface area contributed by atoms with Crippen molar-refractivity contribution in [2.45, 2.75) is 6.92 Å². The van der Waals surface area contributed by atoms with Crippen molar-refractivity contribution in [3.05, 3.63) is 56.7 Å². The number of rotatable bonds is 4. The first kappa shape index (κ1) is 17.5. The van der Waals surface area contributed by atoms with Crippen LogP contribution in [-0.2, 0) is 0 Å². The van der Waals surface area contributed by atoms with Gasteiger partial charge >= 0.3 is 0 Å². The highest BCUT2D eigenvalue weighted by Crippen LogP contribution is 2.39. The molecule has 6 nitrogen and oxygen atoms in total. The number of aryl methyl sites for hydroxylation is 1. The molecule has 25 heavy (non-hydrogen) atoms.